The fourth-order valence-electron chi connectivity index (χ4n) is 10.3. The van der Waals surface area contributed by atoms with Gasteiger partial charge in [0.2, 0.25) is 0 Å². The molecule has 11 aromatic rings. The third-order valence-electron chi connectivity index (χ3n) is 13.4. The molecule has 0 saturated heterocycles. The molecular weight excluding hydrogens is 753 g/mol. The summed E-state index contributed by atoms with van der Waals surface area (Å²) in [6, 6.07) is 71.0. The Labute approximate surface area is 361 Å². The molecule has 1 aromatic heterocycles. The van der Waals surface area contributed by atoms with Gasteiger partial charge in [0, 0.05) is 44.3 Å². The van der Waals surface area contributed by atoms with Crippen LogP contribution in [0, 0.1) is 13.8 Å². The van der Waals surface area contributed by atoms with Gasteiger partial charge in [0.1, 0.15) is 5.58 Å². The SMILES string of the molecule is Cc1ccccc1N(c1ccc2ccccc2c1)c1cc2c(c3ccccc13)-c1cc3c(cc1C2(C)C)oc1c(N(c2ccc4ccccc4c2)c2ccccc2C)cccc13. The maximum absolute atomic E-state index is 7.12. The van der Waals surface area contributed by atoms with E-state index in [1.807, 2.05) is 0 Å². The van der Waals surface area contributed by atoms with Gasteiger partial charge in [-0.25, -0.2) is 0 Å². The molecule has 1 heterocycles. The normalized spacial score (nSPS) is 13.0. The second-order valence-electron chi connectivity index (χ2n) is 17.4. The van der Waals surface area contributed by atoms with Crippen LogP contribution in [-0.4, -0.2) is 0 Å². The third-order valence-corrected chi connectivity index (χ3v) is 13.4. The first-order valence-electron chi connectivity index (χ1n) is 21.6. The van der Waals surface area contributed by atoms with Gasteiger partial charge in [-0.1, -0.05) is 147 Å². The van der Waals surface area contributed by atoms with Crippen molar-refractivity contribution in [1.82, 2.24) is 0 Å². The third kappa shape index (κ3) is 5.44. The molecule has 0 spiro atoms. The Balaban J connectivity index is 1.08. The molecule has 62 heavy (non-hydrogen) atoms. The van der Waals surface area contributed by atoms with Crippen LogP contribution in [0.2, 0.25) is 0 Å². The van der Waals surface area contributed by atoms with Gasteiger partial charge in [-0.3, -0.25) is 0 Å². The quantitative estimate of drug-likeness (QED) is 0.167. The average molecular weight is 797 g/mol. The van der Waals surface area contributed by atoms with E-state index >= 15 is 0 Å². The first-order chi connectivity index (χ1) is 30.3. The van der Waals surface area contributed by atoms with E-state index in [2.05, 4.69) is 232 Å². The van der Waals surface area contributed by atoms with E-state index in [4.69, 9.17) is 4.42 Å². The molecule has 0 aliphatic heterocycles. The molecule has 0 N–H and O–H groups in total. The van der Waals surface area contributed by atoms with Crippen LogP contribution in [0.1, 0.15) is 36.1 Å². The zero-order valence-electron chi connectivity index (χ0n) is 35.3. The van der Waals surface area contributed by atoms with Crippen molar-refractivity contribution in [1.29, 1.82) is 0 Å². The van der Waals surface area contributed by atoms with E-state index < -0.39 is 0 Å². The Hall–Kier alpha value is -7.62. The van der Waals surface area contributed by atoms with Crippen LogP contribution in [0.5, 0.6) is 0 Å². The Kier molecular flexibility index (Phi) is 8.01. The van der Waals surface area contributed by atoms with Crippen LogP contribution in [0.25, 0.3) is 65.4 Å². The summed E-state index contributed by atoms with van der Waals surface area (Å²) < 4.78 is 7.12. The molecule has 1 aliphatic carbocycles. The number of aryl methyl sites for hydroxylation is 2. The largest absolute Gasteiger partial charge is 0.454 e. The lowest BCUT2D eigenvalue weighted by molar-refractivity contribution is 0.647. The molecule has 0 amide bonds. The number of rotatable bonds is 6. The van der Waals surface area contributed by atoms with Gasteiger partial charge >= 0.3 is 0 Å². The molecule has 10 aromatic carbocycles. The highest BCUT2D eigenvalue weighted by molar-refractivity contribution is 6.16. The van der Waals surface area contributed by atoms with E-state index in [1.165, 1.54) is 77.1 Å². The molecule has 0 atom stereocenters. The lowest BCUT2D eigenvalue weighted by Crippen LogP contribution is -2.17. The van der Waals surface area contributed by atoms with E-state index in [9.17, 15) is 0 Å². The highest BCUT2D eigenvalue weighted by Gasteiger charge is 2.39. The maximum atomic E-state index is 7.12. The number of para-hydroxylation sites is 3. The van der Waals surface area contributed by atoms with E-state index in [1.54, 1.807) is 0 Å². The Morgan fingerprint density at radius 1 is 0.387 bits per heavy atom. The lowest BCUT2D eigenvalue weighted by Gasteiger charge is -2.31. The number of nitrogens with zero attached hydrogens (tertiary/aromatic N) is 2. The van der Waals surface area contributed by atoms with Crippen molar-refractivity contribution in [3.8, 4) is 11.1 Å². The lowest BCUT2D eigenvalue weighted by atomic mass is 9.81. The number of furan rings is 1. The summed E-state index contributed by atoms with van der Waals surface area (Å²) in [6.45, 7) is 9.16. The van der Waals surface area contributed by atoms with Crippen LogP contribution in [-0.2, 0) is 5.41 Å². The van der Waals surface area contributed by atoms with Crippen molar-refractivity contribution >= 4 is 88.4 Å². The zero-order valence-corrected chi connectivity index (χ0v) is 35.3. The molecule has 0 unspecified atom stereocenters. The molecule has 3 nitrogen and oxygen atoms in total. The summed E-state index contributed by atoms with van der Waals surface area (Å²) in [7, 11) is 0. The topological polar surface area (TPSA) is 19.6 Å². The summed E-state index contributed by atoms with van der Waals surface area (Å²) in [5, 5.41) is 9.57. The molecule has 0 fully saturated rings. The second-order valence-corrected chi connectivity index (χ2v) is 17.4. The number of hydrogen-bond donors (Lipinski definition) is 0. The van der Waals surface area contributed by atoms with E-state index in [-0.39, 0.29) is 5.41 Å². The van der Waals surface area contributed by atoms with Crippen LogP contribution in [0.3, 0.4) is 0 Å². The zero-order chi connectivity index (χ0) is 41.7. The van der Waals surface area contributed by atoms with Gasteiger partial charge < -0.3 is 14.2 Å². The number of fused-ring (bicyclic) bond motifs is 10. The van der Waals surface area contributed by atoms with Crippen molar-refractivity contribution in [2.45, 2.75) is 33.1 Å². The molecule has 0 bridgehead atoms. The minimum absolute atomic E-state index is 0.307. The van der Waals surface area contributed by atoms with Gasteiger partial charge in [-0.15, -0.1) is 0 Å². The van der Waals surface area contributed by atoms with Crippen LogP contribution >= 0.6 is 0 Å². The van der Waals surface area contributed by atoms with Crippen molar-refractivity contribution in [2.75, 3.05) is 9.80 Å². The molecule has 3 heteroatoms. The summed E-state index contributed by atoms with van der Waals surface area (Å²) in [5.41, 5.74) is 15.8. The number of anilines is 6. The second kappa shape index (κ2) is 13.7. The maximum Gasteiger partial charge on any atom is 0.159 e. The highest BCUT2D eigenvalue weighted by Crippen LogP contribution is 2.56. The van der Waals surface area contributed by atoms with Crippen LogP contribution in [0.4, 0.5) is 34.1 Å². The minimum atomic E-state index is -0.307. The van der Waals surface area contributed by atoms with Crippen LogP contribution < -0.4 is 9.80 Å². The summed E-state index contributed by atoms with van der Waals surface area (Å²) in [4.78, 5) is 4.84. The van der Waals surface area contributed by atoms with Crippen molar-refractivity contribution in [3.05, 3.63) is 216 Å². The summed E-state index contributed by atoms with van der Waals surface area (Å²) in [5.74, 6) is 0. The predicted octanol–water partition coefficient (Wildman–Crippen LogP) is 16.9. The highest BCUT2D eigenvalue weighted by atomic mass is 16.3. The first kappa shape index (κ1) is 36.2. The van der Waals surface area contributed by atoms with Gasteiger partial charge in [0.15, 0.2) is 5.58 Å². The smallest absolute Gasteiger partial charge is 0.159 e. The van der Waals surface area contributed by atoms with Crippen molar-refractivity contribution < 1.29 is 4.42 Å². The van der Waals surface area contributed by atoms with Crippen molar-refractivity contribution in [3.63, 3.8) is 0 Å². The summed E-state index contributed by atoms with van der Waals surface area (Å²) in [6.07, 6.45) is 0. The number of benzene rings is 10. The Morgan fingerprint density at radius 3 is 1.53 bits per heavy atom. The fraction of sp³-hybridized carbons (Fsp3) is 0.0847. The Morgan fingerprint density at radius 2 is 0.903 bits per heavy atom. The van der Waals surface area contributed by atoms with Gasteiger partial charge in [0.25, 0.3) is 0 Å². The van der Waals surface area contributed by atoms with Crippen molar-refractivity contribution in [2.24, 2.45) is 0 Å². The molecule has 0 radical (unpaired) electrons. The van der Waals surface area contributed by atoms with Gasteiger partial charge in [-0.2, -0.15) is 0 Å². The van der Waals surface area contributed by atoms with Crippen LogP contribution in [0.15, 0.2) is 199 Å². The molecule has 12 rings (SSSR count). The number of hydrogen-bond acceptors (Lipinski definition) is 3. The van der Waals surface area contributed by atoms with Gasteiger partial charge in [-0.05, 0) is 135 Å². The Bertz CT molecular complexity index is 3610. The monoisotopic (exact) mass is 796 g/mol. The molecular formula is C59H44N2O. The molecule has 1 aliphatic rings. The average Bonchev–Trinajstić information content (AvgIpc) is 3.78. The first-order valence-corrected chi connectivity index (χ1v) is 21.6. The molecule has 296 valence electrons. The predicted molar refractivity (Wildman–Crippen MR) is 263 cm³/mol. The fourth-order valence-corrected chi connectivity index (χ4v) is 10.3. The summed E-state index contributed by atoms with van der Waals surface area (Å²) >= 11 is 0. The van der Waals surface area contributed by atoms with E-state index in [0.29, 0.717) is 0 Å². The molecule has 0 saturated carbocycles. The van der Waals surface area contributed by atoms with Gasteiger partial charge in [0.05, 0.1) is 11.4 Å². The minimum Gasteiger partial charge on any atom is -0.454 e. The standard InChI is InChI=1S/C59H44N2O/c1-37-16-5-13-25-52(37)60(43-30-28-39-18-7-9-20-41(39)32-43)54-27-15-24-47-48-34-49-50(36-56(48)62-58(47)54)59(3,4)51-35-55(45-22-11-12-23-46(45)57(49)51)61(53-26-14-6-17-38(53)2)44-31-29-40-19-8-10-21-42(40)33-44/h5-36H,1-4H3. The van der Waals surface area contributed by atoms with E-state index in [0.717, 1.165) is 44.7 Å².